The van der Waals surface area contributed by atoms with E-state index in [0.717, 1.165) is 23.1 Å². The van der Waals surface area contributed by atoms with E-state index in [2.05, 4.69) is 64.5 Å². The summed E-state index contributed by atoms with van der Waals surface area (Å²) in [5.41, 5.74) is -0.497. The minimum Gasteiger partial charge on any atom is -0.404 e. The molecule has 1 aliphatic rings. The summed E-state index contributed by atoms with van der Waals surface area (Å²) in [6.07, 6.45) is 5.02. The van der Waals surface area contributed by atoms with E-state index in [1.807, 2.05) is 20.8 Å². The molecule has 0 saturated heterocycles. The summed E-state index contributed by atoms with van der Waals surface area (Å²) in [6, 6.07) is 0.145. The first-order valence-electron chi connectivity index (χ1n) is 9.03. The second kappa shape index (κ2) is 7.35. The second-order valence-electron chi connectivity index (χ2n) is 9.69. The van der Waals surface area contributed by atoms with Gasteiger partial charge in [0.2, 0.25) is 0 Å². The Hall–Kier alpha value is -0.153. The summed E-state index contributed by atoms with van der Waals surface area (Å²) in [5.74, 6) is 0.727. The summed E-state index contributed by atoms with van der Waals surface area (Å²) in [5, 5.41) is 0.0993. The quantitative estimate of drug-likeness (QED) is 0.646. The van der Waals surface area contributed by atoms with Crippen LogP contribution in [0.4, 0.5) is 0 Å². The van der Waals surface area contributed by atoms with Gasteiger partial charge in [-0.1, -0.05) is 20.8 Å². The van der Waals surface area contributed by atoms with Crippen molar-refractivity contribution in [1.29, 1.82) is 0 Å². The lowest BCUT2D eigenvalue weighted by molar-refractivity contribution is -0.0505. The zero-order valence-electron chi connectivity index (χ0n) is 17.1. The van der Waals surface area contributed by atoms with Gasteiger partial charge in [-0.25, -0.2) is 18.9 Å². The Bertz CT molecular complexity index is 662. The fourth-order valence-corrected chi connectivity index (χ4v) is 5.22. The summed E-state index contributed by atoms with van der Waals surface area (Å²) in [4.78, 5) is 9.07. The average molecular weight is 463 g/mol. The molecule has 1 saturated carbocycles. The normalized spacial score (nSPS) is 25.7. The van der Waals surface area contributed by atoms with Gasteiger partial charge in [0, 0.05) is 18.4 Å². The highest BCUT2D eigenvalue weighted by molar-refractivity contribution is 9.10. The second-order valence-corrected chi connectivity index (χ2v) is 17.3. The smallest absolute Gasteiger partial charge is 0.193 e. The van der Waals surface area contributed by atoms with E-state index in [-0.39, 0.29) is 15.8 Å². The number of hydrogen-bond donors (Lipinski definition) is 1. The summed E-state index contributed by atoms with van der Waals surface area (Å²) >= 11 is 3.40. The van der Waals surface area contributed by atoms with E-state index in [1.54, 1.807) is 12.4 Å². The maximum absolute atomic E-state index is 12.4. The number of rotatable bonds is 5. The molecular weight excluding hydrogens is 430 g/mol. The number of nitrogens with one attached hydrogen (secondary N) is 1. The molecule has 1 N–H and O–H groups in total. The fourth-order valence-electron chi connectivity index (χ4n) is 2.65. The molecule has 0 aromatic carbocycles. The van der Waals surface area contributed by atoms with E-state index in [4.69, 9.17) is 4.43 Å². The van der Waals surface area contributed by atoms with Crippen LogP contribution >= 0.6 is 15.9 Å². The van der Waals surface area contributed by atoms with Gasteiger partial charge in [-0.3, -0.25) is 0 Å². The molecule has 1 fully saturated rings. The first kappa shape index (κ1) is 22.1. The van der Waals surface area contributed by atoms with Gasteiger partial charge in [0.1, 0.15) is 5.60 Å². The van der Waals surface area contributed by atoms with E-state index in [1.165, 1.54) is 0 Å². The molecule has 0 radical (unpaired) electrons. The van der Waals surface area contributed by atoms with Crippen LogP contribution in [-0.4, -0.2) is 33.3 Å². The highest BCUT2D eigenvalue weighted by Gasteiger charge is 2.54. The van der Waals surface area contributed by atoms with E-state index >= 15 is 0 Å². The Labute approximate surface area is 170 Å². The number of hydrogen-bond acceptors (Lipinski definition) is 4. The Morgan fingerprint density at radius 2 is 1.69 bits per heavy atom. The van der Waals surface area contributed by atoms with Crippen LogP contribution in [0.3, 0.4) is 0 Å². The van der Waals surface area contributed by atoms with Crippen LogP contribution in [0.25, 0.3) is 0 Å². The monoisotopic (exact) mass is 461 g/mol. The highest BCUT2D eigenvalue weighted by Crippen LogP contribution is 2.50. The predicted molar refractivity (Wildman–Crippen MR) is 114 cm³/mol. The van der Waals surface area contributed by atoms with Crippen LogP contribution in [0, 0.1) is 0 Å². The van der Waals surface area contributed by atoms with Crippen LogP contribution < -0.4 is 4.72 Å². The Balaban J connectivity index is 2.24. The van der Waals surface area contributed by atoms with Crippen LogP contribution in [0.5, 0.6) is 0 Å². The maximum atomic E-state index is 12.4. The minimum absolute atomic E-state index is 0.0993. The molecule has 1 aliphatic carbocycles. The van der Waals surface area contributed by atoms with E-state index in [0.29, 0.717) is 0 Å². The number of nitrogens with zero attached hydrogens (tertiary/aromatic N) is 2. The van der Waals surface area contributed by atoms with Gasteiger partial charge in [-0.05, 0) is 67.7 Å². The van der Waals surface area contributed by atoms with Crippen molar-refractivity contribution in [3.8, 4) is 0 Å². The van der Waals surface area contributed by atoms with Gasteiger partial charge < -0.3 is 4.43 Å². The molecule has 0 aliphatic heterocycles. The lowest BCUT2D eigenvalue weighted by Crippen LogP contribution is -2.60. The molecule has 5 nitrogen and oxygen atoms in total. The molecule has 0 amide bonds. The third-order valence-electron chi connectivity index (χ3n) is 5.27. The molecule has 26 heavy (non-hydrogen) atoms. The molecule has 0 bridgehead atoms. The number of halogens is 1. The van der Waals surface area contributed by atoms with Crippen molar-refractivity contribution in [2.45, 2.75) is 88.9 Å². The topological polar surface area (TPSA) is 64.1 Å². The van der Waals surface area contributed by atoms with E-state index < -0.39 is 24.9 Å². The van der Waals surface area contributed by atoms with Crippen molar-refractivity contribution in [3.05, 3.63) is 22.7 Å². The fraction of sp³-hybridized carbons (Fsp3) is 0.778. The third kappa shape index (κ3) is 4.81. The summed E-state index contributed by atoms with van der Waals surface area (Å²) in [7, 11) is -3.10. The molecule has 1 unspecified atom stereocenters. The molecule has 2 rings (SSSR count). The first-order chi connectivity index (χ1) is 11.7. The van der Waals surface area contributed by atoms with Crippen LogP contribution in [0.15, 0.2) is 16.9 Å². The van der Waals surface area contributed by atoms with Gasteiger partial charge in [0.15, 0.2) is 14.1 Å². The first-order valence-corrected chi connectivity index (χ1v) is 13.9. The molecule has 1 aromatic rings. The highest BCUT2D eigenvalue weighted by atomic mass is 79.9. The van der Waals surface area contributed by atoms with Crippen molar-refractivity contribution in [2.75, 3.05) is 0 Å². The molecule has 1 aromatic heterocycles. The molecule has 1 atom stereocenters. The standard InChI is InChI=1S/C18H32BrN3O2SSi/c1-16(2,3)25(23)22-14-9-18(10-14,15-20-11-13(19)12-21-15)24-26(7,8)17(4,5)6/h11-12,14,22H,9-10H2,1-8H3. The lowest BCUT2D eigenvalue weighted by atomic mass is 9.75. The zero-order valence-corrected chi connectivity index (χ0v) is 20.5. The van der Waals surface area contributed by atoms with Crippen LogP contribution in [0.2, 0.25) is 18.1 Å². The molecule has 148 valence electrons. The van der Waals surface area contributed by atoms with Gasteiger partial charge in [0.05, 0.1) is 20.2 Å². The van der Waals surface area contributed by atoms with Crippen LogP contribution in [0.1, 0.15) is 60.2 Å². The van der Waals surface area contributed by atoms with Gasteiger partial charge in [0.25, 0.3) is 0 Å². The maximum Gasteiger partial charge on any atom is 0.193 e. The van der Waals surface area contributed by atoms with Crippen molar-refractivity contribution < 1.29 is 8.63 Å². The van der Waals surface area contributed by atoms with E-state index in [9.17, 15) is 4.21 Å². The predicted octanol–water partition coefficient (Wildman–Crippen LogP) is 4.67. The van der Waals surface area contributed by atoms with Crippen molar-refractivity contribution in [1.82, 2.24) is 14.7 Å². The van der Waals surface area contributed by atoms with Gasteiger partial charge in [-0.2, -0.15) is 0 Å². The van der Waals surface area contributed by atoms with Crippen molar-refractivity contribution in [2.24, 2.45) is 0 Å². The Kier molecular flexibility index (Phi) is 6.26. The molecule has 1 heterocycles. The Morgan fingerprint density at radius 3 is 2.12 bits per heavy atom. The molecule has 8 heteroatoms. The lowest BCUT2D eigenvalue weighted by Gasteiger charge is -2.52. The summed E-state index contributed by atoms with van der Waals surface area (Å²) in [6.45, 7) is 17.1. The largest absolute Gasteiger partial charge is 0.404 e. The summed E-state index contributed by atoms with van der Waals surface area (Å²) < 4.78 is 23.1. The number of aromatic nitrogens is 2. The average Bonchev–Trinajstić information content (AvgIpc) is 2.42. The van der Waals surface area contributed by atoms with Gasteiger partial charge >= 0.3 is 0 Å². The molecular formula is C18H32BrN3O2SSi. The Morgan fingerprint density at radius 1 is 1.19 bits per heavy atom. The van der Waals surface area contributed by atoms with Crippen molar-refractivity contribution in [3.63, 3.8) is 0 Å². The third-order valence-corrected chi connectivity index (χ3v) is 11.8. The minimum atomic E-state index is -2.01. The SMILES string of the molecule is CC(C)(C)S(=O)NC1CC(O[Si](C)(C)C(C)(C)C)(c2ncc(Br)cn2)C1. The van der Waals surface area contributed by atoms with Crippen LogP contribution in [-0.2, 0) is 21.0 Å². The molecule has 0 spiro atoms. The van der Waals surface area contributed by atoms with Crippen molar-refractivity contribution >= 4 is 35.2 Å². The van der Waals surface area contributed by atoms with Gasteiger partial charge in [-0.15, -0.1) is 0 Å². The zero-order chi connectivity index (χ0) is 20.0.